The Balaban J connectivity index is 1.98. The van der Waals surface area contributed by atoms with Crippen LogP contribution in [0.5, 0.6) is 0 Å². The van der Waals surface area contributed by atoms with Crippen LogP contribution in [-0.2, 0) is 4.79 Å². The van der Waals surface area contributed by atoms with Gasteiger partial charge in [-0.3, -0.25) is 10.1 Å². The molecule has 2 N–H and O–H groups in total. The van der Waals surface area contributed by atoms with Crippen molar-refractivity contribution in [2.75, 3.05) is 10.6 Å². The third kappa shape index (κ3) is 4.42. The zero-order valence-electron chi connectivity index (χ0n) is 15.0. The second-order valence-electron chi connectivity index (χ2n) is 6.87. The van der Waals surface area contributed by atoms with E-state index in [1.807, 2.05) is 81.4 Å². The Bertz CT molecular complexity index is 889. The largest absolute Gasteiger partial charge is 0.324 e. The summed E-state index contributed by atoms with van der Waals surface area (Å²) in [6.07, 6.45) is 0. The Hall–Kier alpha value is -3.28. The molecule has 0 radical (unpaired) electrons. The standard InChI is InChI=1S/C20H21N5O/c1-20(2,3)17(26)24-19-23-16(14-10-6-4-7-11-14)22-18(25-19)21-15-12-8-5-9-13-15/h4-13H,1-3H3,(H2,21,22,23,24,25,26). The van der Waals surface area contributed by atoms with Crippen molar-refractivity contribution in [3.8, 4) is 11.4 Å². The lowest BCUT2D eigenvalue weighted by Crippen LogP contribution is -2.28. The number of aromatic nitrogens is 3. The smallest absolute Gasteiger partial charge is 0.234 e. The van der Waals surface area contributed by atoms with Gasteiger partial charge in [0.2, 0.25) is 17.8 Å². The van der Waals surface area contributed by atoms with Crippen LogP contribution in [0.4, 0.5) is 17.6 Å². The van der Waals surface area contributed by atoms with Crippen molar-refractivity contribution >= 4 is 23.5 Å². The molecule has 2 aromatic carbocycles. The van der Waals surface area contributed by atoms with E-state index in [0.29, 0.717) is 11.8 Å². The number of amides is 1. The highest BCUT2D eigenvalue weighted by Gasteiger charge is 2.22. The number of hydrogen-bond donors (Lipinski definition) is 2. The third-order valence-electron chi connectivity index (χ3n) is 3.60. The number of para-hydroxylation sites is 1. The number of carbonyl (C=O) groups excluding carboxylic acids is 1. The summed E-state index contributed by atoms with van der Waals surface area (Å²) in [5, 5.41) is 5.93. The summed E-state index contributed by atoms with van der Waals surface area (Å²) in [5.41, 5.74) is 1.15. The molecular weight excluding hydrogens is 326 g/mol. The fourth-order valence-corrected chi connectivity index (χ4v) is 2.14. The average molecular weight is 347 g/mol. The normalized spacial score (nSPS) is 11.0. The summed E-state index contributed by atoms with van der Waals surface area (Å²) in [7, 11) is 0. The van der Waals surface area contributed by atoms with E-state index in [1.165, 1.54) is 0 Å². The zero-order valence-corrected chi connectivity index (χ0v) is 15.0. The monoisotopic (exact) mass is 347 g/mol. The zero-order chi connectivity index (χ0) is 18.6. The van der Waals surface area contributed by atoms with Crippen LogP contribution in [0.15, 0.2) is 60.7 Å². The van der Waals surface area contributed by atoms with Crippen molar-refractivity contribution in [1.82, 2.24) is 15.0 Å². The maximum absolute atomic E-state index is 12.3. The van der Waals surface area contributed by atoms with Crippen molar-refractivity contribution in [1.29, 1.82) is 0 Å². The van der Waals surface area contributed by atoms with Gasteiger partial charge >= 0.3 is 0 Å². The maximum atomic E-state index is 12.3. The molecule has 6 nitrogen and oxygen atoms in total. The number of nitrogens with one attached hydrogen (secondary N) is 2. The highest BCUT2D eigenvalue weighted by molar-refractivity contribution is 5.93. The minimum Gasteiger partial charge on any atom is -0.324 e. The van der Waals surface area contributed by atoms with Crippen LogP contribution in [0.1, 0.15) is 20.8 Å². The number of benzene rings is 2. The topological polar surface area (TPSA) is 79.8 Å². The maximum Gasteiger partial charge on any atom is 0.234 e. The number of carbonyl (C=O) groups is 1. The van der Waals surface area contributed by atoms with E-state index in [9.17, 15) is 4.79 Å². The van der Waals surface area contributed by atoms with Crippen LogP contribution in [0, 0.1) is 5.41 Å². The lowest BCUT2D eigenvalue weighted by atomic mass is 9.96. The van der Waals surface area contributed by atoms with Gasteiger partial charge in [0.25, 0.3) is 0 Å². The van der Waals surface area contributed by atoms with Crippen LogP contribution < -0.4 is 10.6 Å². The molecule has 0 saturated carbocycles. The lowest BCUT2D eigenvalue weighted by molar-refractivity contribution is -0.123. The van der Waals surface area contributed by atoms with E-state index in [1.54, 1.807) is 0 Å². The fourth-order valence-electron chi connectivity index (χ4n) is 2.14. The molecule has 1 heterocycles. The Labute approximate surface area is 152 Å². The molecule has 0 aliphatic heterocycles. The Morgan fingerprint density at radius 3 is 2.00 bits per heavy atom. The van der Waals surface area contributed by atoms with Crippen molar-refractivity contribution in [3.63, 3.8) is 0 Å². The van der Waals surface area contributed by atoms with Gasteiger partial charge in [0, 0.05) is 16.7 Å². The molecule has 0 aliphatic carbocycles. The van der Waals surface area contributed by atoms with Gasteiger partial charge in [0.1, 0.15) is 0 Å². The van der Waals surface area contributed by atoms with Crippen LogP contribution in [0.2, 0.25) is 0 Å². The minimum absolute atomic E-state index is 0.159. The van der Waals surface area contributed by atoms with Gasteiger partial charge in [0.15, 0.2) is 5.82 Å². The molecule has 6 heteroatoms. The first kappa shape index (κ1) is 17.5. The molecule has 0 atom stereocenters. The number of hydrogen-bond acceptors (Lipinski definition) is 5. The van der Waals surface area contributed by atoms with E-state index in [4.69, 9.17) is 0 Å². The Morgan fingerprint density at radius 1 is 0.808 bits per heavy atom. The van der Waals surface area contributed by atoms with Crippen molar-refractivity contribution in [2.45, 2.75) is 20.8 Å². The second kappa shape index (κ2) is 7.31. The van der Waals surface area contributed by atoms with Gasteiger partial charge in [0.05, 0.1) is 0 Å². The molecule has 1 aromatic heterocycles. The summed E-state index contributed by atoms with van der Waals surface area (Å²) in [6.45, 7) is 5.51. The van der Waals surface area contributed by atoms with E-state index in [0.717, 1.165) is 11.3 Å². The second-order valence-corrected chi connectivity index (χ2v) is 6.87. The van der Waals surface area contributed by atoms with Gasteiger partial charge in [-0.25, -0.2) is 0 Å². The predicted molar refractivity (Wildman–Crippen MR) is 103 cm³/mol. The number of rotatable bonds is 4. The predicted octanol–water partition coefficient (Wildman–Crippen LogP) is 4.27. The van der Waals surface area contributed by atoms with E-state index < -0.39 is 5.41 Å². The van der Waals surface area contributed by atoms with E-state index in [-0.39, 0.29) is 11.9 Å². The summed E-state index contributed by atoms with van der Waals surface area (Å²) < 4.78 is 0. The first-order valence-corrected chi connectivity index (χ1v) is 8.37. The molecular formula is C20H21N5O. The van der Waals surface area contributed by atoms with Crippen LogP contribution in [0.25, 0.3) is 11.4 Å². The molecule has 132 valence electrons. The molecule has 3 aromatic rings. The first-order valence-electron chi connectivity index (χ1n) is 8.37. The fraction of sp³-hybridized carbons (Fsp3) is 0.200. The van der Waals surface area contributed by atoms with E-state index in [2.05, 4.69) is 25.6 Å². The van der Waals surface area contributed by atoms with Crippen LogP contribution in [-0.4, -0.2) is 20.9 Å². The first-order chi connectivity index (χ1) is 12.4. The molecule has 0 unspecified atom stereocenters. The molecule has 1 amide bonds. The van der Waals surface area contributed by atoms with Crippen LogP contribution in [0.3, 0.4) is 0 Å². The molecule has 26 heavy (non-hydrogen) atoms. The lowest BCUT2D eigenvalue weighted by Gasteiger charge is -2.17. The molecule has 3 rings (SSSR count). The van der Waals surface area contributed by atoms with Gasteiger partial charge in [-0.2, -0.15) is 15.0 Å². The molecule has 0 fully saturated rings. The SMILES string of the molecule is CC(C)(C)C(=O)Nc1nc(Nc2ccccc2)nc(-c2ccccc2)n1. The highest BCUT2D eigenvalue weighted by Crippen LogP contribution is 2.21. The highest BCUT2D eigenvalue weighted by atomic mass is 16.2. The average Bonchev–Trinajstić information content (AvgIpc) is 2.62. The van der Waals surface area contributed by atoms with Crippen molar-refractivity contribution < 1.29 is 4.79 Å². The summed E-state index contributed by atoms with van der Waals surface area (Å²) in [6, 6.07) is 19.2. The van der Waals surface area contributed by atoms with Crippen molar-refractivity contribution in [3.05, 3.63) is 60.7 Å². The molecule has 0 spiro atoms. The molecule has 0 saturated heterocycles. The minimum atomic E-state index is -0.549. The number of nitrogens with zero attached hydrogens (tertiary/aromatic N) is 3. The van der Waals surface area contributed by atoms with Gasteiger partial charge in [-0.1, -0.05) is 69.3 Å². The third-order valence-corrected chi connectivity index (χ3v) is 3.60. The van der Waals surface area contributed by atoms with Gasteiger partial charge in [-0.05, 0) is 12.1 Å². The number of anilines is 3. The summed E-state index contributed by atoms with van der Waals surface area (Å²) >= 11 is 0. The molecule has 0 aliphatic rings. The van der Waals surface area contributed by atoms with Crippen LogP contribution >= 0.6 is 0 Å². The Morgan fingerprint density at radius 2 is 1.38 bits per heavy atom. The molecule has 0 bridgehead atoms. The van der Waals surface area contributed by atoms with Gasteiger partial charge < -0.3 is 5.32 Å². The summed E-state index contributed by atoms with van der Waals surface area (Å²) in [5.74, 6) is 0.920. The van der Waals surface area contributed by atoms with Gasteiger partial charge in [-0.15, -0.1) is 0 Å². The summed E-state index contributed by atoms with van der Waals surface area (Å²) in [4.78, 5) is 25.6. The van der Waals surface area contributed by atoms with Crippen molar-refractivity contribution in [2.24, 2.45) is 5.41 Å². The quantitative estimate of drug-likeness (QED) is 0.737. The Kier molecular flexibility index (Phi) is 4.93. The van der Waals surface area contributed by atoms with E-state index >= 15 is 0 Å².